The Balaban J connectivity index is 4.36. The predicted octanol–water partition coefficient (Wildman–Crippen LogP) is 1.45. The number of nitrogens with zero attached hydrogens (tertiary/aromatic N) is 2. The van der Waals surface area contributed by atoms with E-state index in [1.807, 2.05) is 0 Å². The molecule has 5 heteroatoms. The number of carbonyl (C=O) groups is 1. The van der Waals surface area contributed by atoms with Crippen LogP contribution in [0, 0.1) is 4.91 Å². The lowest BCUT2D eigenvalue weighted by atomic mass is 10.1. The highest BCUT2D eigenvalue weighted by Crippen LogP contribution is 2.12. The van der Waals surface area contributed by atoms with E-state index < -0.39 is 11.6 Å². The van der Waals surface area contributed by atoms with Gasteiger partial charge in [-0.3, -0.25) is 0 Å². The predicted molar refractivity (Wildman–Crippen MR) is 35.4 cm³/mol. The summed E-state index contributed by atoms with van der Waals surface area (Å²) in [6, 6.07) is 0. The van der Waals surface area contributed by atoms with Crippen molar-refractivity contribution in [2.45, 2.75) is 26.3 Å². The molecule has 0 bridgehead atoms. The first-order valence-electron chi connectivity index (χ1n) is 2.76. The minimum atomic E-state index is -1.33. The maximum absolute atomic E-state index is 10.2. The van der Waals surface area contributed by atoms with Crippen molar-refractivity contribution in [2.75, 3.05) is 0 Å². The van der Waals surface area contributed by atoms with E-state index in [9.17, 15) is 9.70 Å². The normalized spacial score (nSPS) is 10.7. The Kier molecular flexibility index (Phi) is 2.34. The molecule has 0 unspecified atom stereocenters. The molecule has 58 valence electrons. The van der Waals surface area contributed by atoms with Crippen molar-refractivity contribution in [1.82, 2.24) is 5.01 Å². The molecule has 0 fully saturated rings. The van der Waals surface area contributed by atoms with Crippen LogP contribution in [0.15, 0.2) is 5.29 Å². The van der Waals surface area contributed by atoms with Crippen LogP contribution in [0.3, 0.4) is 0 Å². The summed E-state index contributed by atoms with van der Waals surface area (Å²) in [5, 5.41) is 11.1. The second-order valence-corrected chi connectivity index (χ2v) is 2.85. The first-order chi connectivity index (χ1) is 4.39. The smallest absolute Gasteiger partial charge is 0.431 e. The van der Waals surface area contributed by atoms with Crippen LogP contribution in [0.1, 0.15) is 20.8 Å². The lowest BCUT2D eigenvalue weighted by molar-refractivity contribution is 0.101. The number of hydrogen-bond donors (Lipinski definition) is 1. The summed E-state index contributed by atoms with van der Waals surface area (Å²) in [5.41, 5.74) is -0.756. The average Bonchev–Trinajstić information content (AvgIpc) is 1.60. The molecule has 0 saturated carbocycles. The fraction of sp³-hybridized carbons (Fsp3) is 0.800. The van der Waals surface area contributed by atoms with Gasteiger partial charge in [-0.2, -0.15) is 5.01 Å². The lowest BCUT2D eigenvalue weighted by Gasteiger charge is -2.24. The van der Waals surface area contributed by atoms with E-state index in [1.165, 1.54) is 0 Å². The Hall–Kier alpha value is -1.13. The van der Waals surface area contributed by atoms with E-state index in [1.54, 1.807) is 20.8 Å². The van der Waals surface area contributed by atoms with Crippen molar-refractivity contribution in [3.8, 4) is 0 Å². The molecular formula is C5H10N2O3. The fourth-order valence-corrected chi connectivity index (χ4v) is 0.444. The maximum Gasteiger partial charge on any atom is 0.431 e. The van der Waals surface area contributed by atoms with E-state index in [0.717, 1.165) is 0 Å². The van der Waals surface area contributed by atoms with Gasteiger partial charge in [0.15, 0.2) is 0 Å². The van der Waals surface area contributed by atoms with Gasteiger partial charge >= 0.3 is 6.09 Å². The van der Waals surface area contributed by atoms with Crippen molar-refractivity contribution in [3.63, 3.8) is 0 Å². The van der Waals surface area contributed by atoms with Crippen LogP contribution in [0.2, 0.25) is 0 Å². The molecule has 0 aromatic rings. The van der Waals surface area contributed by atoms with Gasteiger partial charge in [0, 0.05) is 0 Å². The van der Waals surface area contributed by atoms with Crippen LogP contribution in [-0.2, 0) is 0 Å². The van der Waals surface area contributed by atoms with Crippen molar-refractivity contribution in [2.24, 2.45) is 5.29 Å². The molecule has 0 saturated heterocycles. The molecule has 1 amide bonds. The summed E-state index contributed by atoms with van der Waals surface area (Å²) in [5.74, 6) is 0. The van der Waals surface area contributed by atoms with E-state index >= 15 is 0 Å². The van der Waals surface area contributed by atoms with Crippen molar-refractivity contribution in [3.05, 3.63) is 4.91 Å². The van der Waals surface area contributed by atoms with Gasteiger partial charge < -0.3 is 5.11 Å². The number of rotatable bonds is 1. The number of amides is 1. The molecule has 10 heavy (non-hydrogen) atoms. The van der Waals surface area contributed by atoms with Crippen molar-refractivity contribution in [1.29, 1.82) is 0 Å². The first-order valence-corrected chi connectivity index (χ1v) is 2.76. The first kappa shape index (κ1) is 8.87. The SMILES string of the molecule is CC(C)(C)N(N=O)C(=O)O. The molecular weight excluding hydrogens is 136 g/mol. The molecule has 0 radical (unpaired) electrons. The van der Waals surface area contributed by atoms with Gasteiger partial charge in [0.05, 0.1) is 10.8 Å². The van der Waals surface area contributed by atoms with E-state index in [0.29, 0.717) is 5.01 Å². The third-order valence-electron chi connectivity index (χ3n) is 0.898. The zero-order valence-electron chi connectivity index (χ0n) is 6.16. The van der Waals surface area contributed by atoms with Gasteiger partial charge in [-0.1, -0.05) is 0 Å². The Morgan fingerprint density at radius 2 is 1.90 bits per heavy atom. The maximum atomic E-state index is 10.2. The zero-order chi connectivity index (χ0) is 8.36. The van der Waals surface area contributed by atoms with Crippen LogP contribution in [0.4, 0.5) is 4.79 Å². The molecule has 0 atom stereocenters. The summed E-state index contributed by atoms with van der Waals surface area (Å²) in [6.45, 7) is 4.76. The van der Waals surface area contributed by atoms with Gasteiger partial charge in [0.2, 0.25) is 0 Å². The molecule has 0 rings (SSSR count). The largest absolute Gasteiger partial charge is 0.464 e. The summed E-state index contributed by atoms with van der Waals surface area (Å²) in [4.78, 5) is 20.1. The summed E-state index contributed by atoms with van der Waals surface area (Å²) < 4.78 is 0. The van der Waals surface area contributed by atoms with Gasteiger partial charge in [-0.25, -0.2) is 4.79 Å². The minimum absolute atomic E-state index is 0.465. The summed E-state index contributed by atoms with van der Waals surface area (Å²) in [7, 11) is 0. The standard InChI is InChI=1S/C5H10N2O3/c1-5(2,3)7(6-10)4(8)9/h1-3H3,(H,8,9). The Morgan fingerprint density at radius 1 is 1.50 bits per heavy atom. The third kappa shape index (κ3) is 2.00. The Labute approximate surface area is 58.6 Å². The lowest BCUT2D eigenvalue weighted by Crippen LogP contribution is -2.40. The second-order valence-electron chi connectivity index (χ2n) is 2.85. The zero-order valence-corrected chi connectivity index (χ0v) is 6.16. The van der Waals surface area contributed by atoms with Crippen LogP contribution in [-0.4, -0.2) is 21.7 Å². The van der Waals surface area contributed by atoms with E-state index in [4.69, 9.17) is 5.11 Å². The Morgan fingerprint density at radius 3 is 1.90 bits per heavy atom. The molecule has 0 aliphatic carbocycles. The molecule has 0 heterocycles. The molecule has 0 aliphatic heterocycles. The van der Waals surface area contributed by atoms with Gasteiger partial charge in [0.1, 0.15) is 0 Å². The average molecular weight is 146 g/mol. The topological polar surface area (TPSA) is 70.0 Å². The van der Waals surface area contributed by atoms with E-state index in [2.05, 4.69) is 5.29 Å². The number of hydrogen-bond acceptors (Lipinski definition) is 3. The van der Waals surface area contributed by atoms with Crippen LogP contribution in [0.25, 0.3) is 0 Å². The quantitative estimate of drug-likeness (QED) is 0.449. The summed E-state index contributed by atoms with van der Waals surface area (Å²) >= 11 is 0. The van der Waals surface area contributed by atoms with Crippen LogP contribution >= 0.6 is 0 Å². The molecule has 0 spiro atoms. The monoisotopic (exact) mass is 146 g/mol. The highest BCUT2D eigenvalue weighted by atomic mass is 16.4. The minimum Gasteiger partial charge on any atom is -0.464 e. The van der Waals surface area contributed by atoms with Crippen LogP contribution < -0.4 is 0 Å². The Bertz CT molecular complexity index is 149. The highest BCUT2D eigenvalue weighted by Gasteiger charge is 2.27. The van der Waals surface area contributed by atoms with Crippen LogP contribution in [0.5, 0.6) is 0 Å². The number of carboxylic acid groups (broad SMARTS) is 1. The van der Waals surface area contributed by atoms with Gasteiger partial charge in [-0.05, 0) is 20.8 Å². The molecule has 1 N–H and O–H groups in total. The highest BCUT2D eigenvalue weighted by molar-refractivity contribution is 5.65. The van der Waals surface area contributed by atoms with Gasteiger partial charge in [-0.15, -0.1) is 4.91 Å². The second kappa shape index (κ2) is 2.64. The number of nitroso groups, excluding NO2 is 1. The summed E-state index contributed by atoms with van der Waals surface area (Å²) in [6.07, 6.45) is -1.33. The van der Waals surface area contributed by atoms with Crippen molar-refractivity contribution >= 4 is 6.09 Å². The van der Waals surface area contributed by atoms with Crippen molar-refractivity contribution < 1.29 is 9.90 Å². The third-order valence-corrected chi connectivity index (χ3v) is 0.898. The van der Waals surface area contributed by atoms with Gasteiger partial charge in [0.25, 0.3) is 0 Å². The van der Waals surface area contributed by atoms with E-state index in [-0.39, 0.29) is 0 Å². The molecule has 0 aromatic carbocycles. The molecule has 0 aliphatic rings. The molecule has 0 aromatic heterocycles. The fourth-order valence-electron chi connectivity index (χ4n) is 0.444. The molecule has 5 nitrogen and oxygen atoms in total.